The molecule has 264 valence electrons. The summed E-state index contributed by atoms with van der Waals surface area (Å²) < 4.78 is 2.27. The second-order valence-corrected chi connectivity index (χ2v) is 15.5. The van der Waals surface area contributed by atoms with Gasteiger partial charge < -0.3 is 0 Å². The van der Waals surface area contributed by atoms with Crippen molar-refractivity contribution in [3.05, 3.63) is 205 Å². The van der Waals surface area contributed by atoms with Gasteiger partial charge in [-0.2, -0.15) is 0 Å². The third kappa shape index (κ3) is 4.86. The van der Waals surface area contributed by atoms with Gasteiger partial charge in [-0.15, -0.1) is 0 Å². The number of para-hydroxylation sites is 3. The lowest BCUT2D eigenvalue weighted by molar-refractivity contribution is 0.661. The first-order chi connectivity index (χ1) is 27.6. The van der Waals surface area contributed by atoms with Crippen molar-refractivity contribution in [1.82, 2.24) is 9.55 Å². The predicted molar refractivity (Wildman–Crippen MR) is 235 cm³/mol. The molecule has 0 N–H and O–H groups in total. The van der Waals surface area contributed by atoms with Crippen molar-refractivity contribution in [2.75, 3.05) is 0 Å². The Hall–Kier alpha value is -7.03. The number of hydrogen-bond acceptors (Lipinski definition) is 1. The minimum absolute atomic E-state index is 0.193. The van der Waals surface area contributed by atoms with Gasteiger partial charge in [-0.25, -0.2) is 4.98 Å². The molecular weight excluding hydrogens is 677 g/mol. The van der Waals surface area contributed by atoms with E-state index < -0.39 is 0 Å². The van der Waals surface area contributed by atoms with E-state index in [2.05, 4.69) is 213 Å². The monoisotopic (exact) mass is 714 g/mol. The van der Waals surface area contributed by atoms with Crippen molar-refractivity contribution in [2.24, 2.45) is 0 Å². The number of rotatable bonds is 5. The number of aromatic nitrogens is 2. The maximum atomic E-state index is 5.14. The number of benzene rings is 9. The first-order valence-electron chi connectivity index (χ1n) is 19.5. The fourth-order valence-electron chi connectivity index (χ4n) is 9.38. The van der Waals surface area contributed by atoms with Crippen LogP contribution in [0.15, 0.2) is 194 Å². The van der Waals surface area contributed by atoms with Gasteiger partial charge in [0, 0.05) is 16.7 Å². The molecule has 0 amide bonds. The molecule has 0 saturated heterocycles. The summed E-state index contributed by atoms with van der Waals surface area (Å²) in [5.74, 6) is 0.940. The van der Waals surface area contributed by atoms with Gasteiger partial charge in [-0.1, -0.05) is 172 Å². The van der Waals surface area contributed by atoms with Crippen LogP contribution in [0.3, 0.4) is 0 Å². The number of fused-ring (bicyclic) bond motifs is 6. The van der Waals surface area contributed by atoms with Gasteiger partial charge in [0.05, 0.1) is 11.0 Å². The highest BCUT2D eigenvalue weighted by atomic mass is 15.1. The molecule has 0 fully saturated rings. The summed E-state index contributed by atoms with van der Waals surface area (Å²) in [5, 5.41) is 5.12. The molecule has 0 unspecified atom stereocenters. The molecule has 0 bridgehead atoms. The molecule has 10 aromatic rings. The molecule has 2 nitrogen and oxygen atoms in total. The van der Waals surface area contributed by atoms with Crippen molar-refractivity contribution in [1.29, 1.82) is 0 Å². The van der Waals surface area contributed by atoms with Crippen LogP contribution in [0.2, 0.25) is 0 Å². The van der Waals surface area contributed by atoms with Crippen LogP contribution in [0.5, 0.6) is 0 Å². The van der Waals surface area contributed by atoms with Crippen LogP contribution in [-0.4, -0.2) is 9.55 Å². The lowest BCUT2D eigenvalue weighted by Crippen LogP contribution is -2.15. The first kappa shape index (κ1) is 32.4. The van der Waals surface area contributed by atoms with E-state index >= 15 is 0 Å². The summed E-state index contributed by atoms with van der Waals surface area (Å²) in [4.78, 5) is 5.14. The van der Waals surface area contributed by atoms with Crippen molar-refractivity contribution in [3.8, 4) is 61.6 Å². The van der Waals surface area contributed by atoms with E-state index in [0.29, 0.717) is 0 Å². The van der Waals surface area contributed by atoms with Gasteiger partial charge in [0.25, 0.3) is 0 Å². The van der Waals surface area contributed by atoms with E-state index in [4.69, 9.17) is 4.98 Å². The molecule has 1 aliphatic rings. The summed E-state index contributed by atoms with van der Waals surface area (Å²) in [6.07, 6.45) is 0. The van der Waals surface area contributed by atoms with Crippen molar-refractivity contribution in [2.45, 2.75) is 19.3 Å². The Labute approximate surface area is 327 Å². The first-order valence-corrected chi connectivity index (χ1v) is 19.5. The Kier molecular flexibility index (Phi) is 7.24. The fraction of sp³-hybridized carbons (Fsp3) is 0.0556. The molecule has 0 spiro atoms. The molecule has 56 heavy (non-hydrogen) atoms. The van der Waals surface area contributed by atoms with E-state index in [1.165, 1.54) is 77.2 Å². The maximum Gasteiger partial charge on any atom is 0.145 e. The zero-order chi connectivity index (χ0) is 37.4. The second-order valence-electron chi connectivity index (χ2n) is 15.5. The summed E-state index contributed by atoms with van der Waals surface area (Å²) >= 11 is 0. The Morgan fingerprint density at radius 3 is 1.61 bits per heavy atom. The largest absolute Gasteiger partial charge is 0.292 e. The molecule has 2 heteroatoms. The summed E-state index contributed by atoms with van der Waals surface area (Å²) in [7, 11) is 0. The lowest BCUT2D eigenvalue weighted by atomic mass is 9.79. The van der Waals surface area contributed by atoms with Crippen LogP contribution in [0.1, 0.15) is 25.0 Å². The number of hydrogen-bond donors (Lipinski definition) is 0. The van der Waals surface area contributed by atoms with Crippen LogP contribution in [0.4, 0.5) is 0 Å². The highest BCUT2D eigenvalue weighted by Crippen LogP contribution is 2.55. The van der Waals surface area contributed by atoms with E-state index in [1.807, 2.05) is 0 Å². The standard InChI is InChI=1S/C54H38N2/c1-54(2)46-26-16-25-40(35-29-31-38(32-30-35)53-55-48-27-14-15-28-49(48)56(53)39-21-10-5-11-22-39)52(46)45-33-43-44(34-47(45)54)51(37-19-8-4-9-20-37)42-24-13-12-23-41(42)50(43)36-17-6-3-7-18-36/h3-34H,1-2H3. The van der Waals surface area contributed by atoms with Crippen LogP contribution >= 0.6 is 0 Å². The van der Waals surface area contributed by atoms with Crippen molar-refractivity contribution in [3.63, 3.8) is 0 Å². The highest BCUT2D eigenvalue weighted by Gasteiger charge is 2.38. The average Bonchev–Trinajstić information content (AvgIpc) is 3.75. The molecule has 1 heterocycles. The van der Waals surface area contributed by atoms with Gasteiger partial charge in [0.15, 0.2) is 0 Å². The summed E-state index contributed by atoms with van der Waals surface area (Å²) in [6.45, 7) is 4.79. The quantitative estimate of drug-likeness (QED) is 0.162. The minimum atomic E-state index is -0.193. The zero-order valence-corrected chi connectivity index (χ0v) is 31.4. The van der Waals surface area contributed by atoms with Gasteiger partial charge in [-0.3, -0.25) is 4.57 Å². The molecule has 0 radical (unpaired) electrons. The predicted octanol–water partition coefficient (Wildman–Crippen LogP) is 14.3. The van der Waals surface area contributed by atoms with Crippen molar-refractivity contribution < 1.29 is 0 Å². The second kappa shape index (κ2) is 12.5. The van der Waals surface area contributed by atoms with Gasteiger partial charge in [0.1, 0.15) is 5.82 Å². The lowest BCUT2D eigenvalue weighted by Gasteiger charge is -2.24. The fourth-order valence-corrected chi connectivity index (χ4v) is 9.38. The molecule has 1 aliphatic carbocycles. The van der Waals surface area contributed by atoms with Crippen LogP contribution in [-0.2, 0) is 5.41 Å². The number of imidazole rings is 1. The summed E-state index contributed by atoms with van der Waals surface area (Å²) in [5.41, 5.74) is 17.0. The molecule has 0 saturated carbocycles. The Bertz CT molecular complexity index is 3120. The van der Waals surface area contributed by atoms with Gasteiger partial charge in [0.2, 0.25) is 0 Å². The van der Waals surface area contributed by atoms with Crippen LogP contribution < -0.4 is 0 Å². The maximum absolute atomic E-state index is 5.14. The smallest absolute Gasteiger partial charge is 0.145 e. The molecule has 9 aromatic carbocycles. The van der Waals surface area contributed by atoms with E-state index in [-0.39, 0.29) is 5.41 Å². The summed E-state index contributed by atoms with van der Waals surface area (Å²) in [6, 6.07) is 70.7. The molecule has 1 aromatic heterocycles. The number of nitrogens with zero attached hydrogens (tertiary/aromatic N) is 2. The van der Waals surface area contributed by atoms with E-state index in [9.17, 15) is 0 Å². The third-order valence-corrected chi connectivity index (χ3v) is 12.0. The Morgan fingerprint density at radius 2 is 0.946 bits per heavy atom. The zero-order valence-electron chi connectivity index (χ0n) is 31.4. The highest BCUT2D eigenvalue weighted by molar-refractivity contribution is 6.22. The van der Waals surface area contributed by atoms with E-state index in [1.54, 1.807) is 0 Å². The van der Waals surface area contributed by atoms with Gasteiger partial charge in [-0.05, 0) is 114 Å². The van der Waals surface area contributed by atoms with E-state index in [0.717, 1.165) is 28.1 Å². The third-order valence-electron chi connectivity index (χ3n) is 12.0. The normalized spacial score (nSPS) is 13.0. The Balaban J connectivity index is 1.14. The average molecular weight is 715 g/mol. The van der Waals surface area contributed by atoms with Crippen molar-refractivity contribution >= 4 is 32.6 Å². The molecule has 0 aliphatic heterocycles. The van der Waals surface area contributed by atoms with Gasteiger partial charge >= 0.3 is 0 Å². The van der Waals surface area contributed by atoms with Crippen LogP contribution in [0.25, 0.3) is 94.2 Å². The topological polar surface area (TPSA) is 17.8 Å². The molecule has 11 rings (SSSR count). The van der Waals surface area contributed by atoms with Crippen LogP contribution in [0, 0.1) is 0 Å². The Morgan fingerprint density at radius 1 is 0.393 bits per heavy atom. The molecule has 0 atom stereocenters. The molecular formula is C54H38N2. The SMILES string of the molecule is CC1(C)c2cc3c(-c4ccccc4)c4ccccc4c(-c4ccccc4)c3cc2-c2c(-c3ccc(-c4nc5ccccc5n4-c4ccccc4)cc3)cccc21. The minimum Gasteiger partial charge on any atom is -0.292 e.